The molecule has 0 aromatic carbocycles. The van der Waals surface area contributed by atoms with Crippen LogP contribution in [0, 0.1) is 11.6 Å². The Kier molecular flexibility index (Phi) is 3.42. The summed E-state index contributed by atoms with van der Waals surface area (Å²) in [5.74, 6) is -1.69. The van der Waals surface area contributed by atoms with Gasteiger partial charge in [0.1, 0.15) is 0 Å². The van der Waals surface area contributed by atoms with Crippen LogP contribution in [0.15, 0.2) is 6.07 Å². The molecule has 1 aliphatic rings. The maximum Gasteiger partial charge on any atom is 0.168 e. The number of aromatic nitrogens is 1. The lowest BCUT2D eigenvalue weighted by Crippen LogP contribution is -2.40. The van der Waals surface area contributed by atoms with Crippen molar-refractivity contribution >= 4 is 11.6 Å². The molecular weight excluding hydrogens is 228 g/mol. The highest BCUT2D eigenvalue weighted by Gasteiger charge is 2.23. The van der Waals surface area contributed by atoms with E-state index in [9.17, 15) is 8.78 Å². The van der Waals surface area contributed by atoms with Crippen molar-refractivity contribution < 1.29 is 13.5 Å². The van der Waals surface area contributed by atoms with Gasteiger partial charge in [-0.2, -0.15) is 0 Å². The molecule has 0 bridgehead atoms. The Morgan fingerprint density at radius 3 is 2.94 bits per heavy atom. The Hall–Kier alpha value is -1.43. The molecule has 1 saturated heterocycles. The zero-order valence-electron chi connectivity index (χ0n) is 9.62. The maximum absolute atomic E-state index is 13.6. The topological polar surface area (TPSA) is 51.4 Å². The molecule has 1 fully saturated rings. The first kappa shape index (κ1) is 12.0. The summed E-state index contributed by atoms with van der Waals surface area (Å²) >= 11 is 0. The van der Waals surface area contributed by atoms with Crippen molar-refractivity contribution in [2.24, 2.45) is 0 Å². The molecule has 94 valence electrons. The first-order valence-electron chi connectivity index (χ1n) is 5.51. The van der Waals surface area contributed by atoms with Gasteiger partial charge in [-0.05, 0) is 12.8 Å². The van der Waals surface area contributed by atoms with Gasteiger partial charge < -0.3 is 15.4 Å². The molecule has 0 radical (unpaired) electrons. The molecule has 0 amide bonds. The molecule has 0 saturated carbocycles. The fourth-order valence-corrected chi connectivity index (χ4v) is 2.02. The van der Waals surface area contributed by atoms with E-state index < -0.39 is 11.6 Å². The molecule has 1 aromatic rings. The monoisotopic (exact) mass is 243 g/mol. The average Bonchev–Trinajstić information content (AvgIpc) is 2.34. The summed E-state index contributed by atoms with van der Waals surface area (Å²) in [7, 11) is 1.62. The molecule has 0 spiro atoms. The summed E-state index contributed by atoms with van der Waals surface area (Å²) in [5, 5.41) is 0. The van der Waals surface area contributed by atoms with Gasteiger partial charge in [-0.1, -0.05) is 0 Å². The van der Waals surface area contributed by atoms with E-state index in [1.807, 2.05) is 0 Å². The lowest BCUT2D eigenvalue weighted by atomic mass is 10.1. The third-order valence-electron chi connectivity index (χ3n) is 2.95. The van der Waals surface area contributed by atoms with Crippen molar-refractivity contribution in [1.82, 2.24) is 4.98 Å². The molecule has 1 unspecified atom stereocenters. The van der Waals surface area contributed by atoms with E-state index in [1.54, 1.807) is 12.0 Å². The van der Waals surface area contributed by atoms with Gasteiger partial charge in [0.05, 0.1) is 6.10 Å². The highest BCUT2D eigenvalue weighted by molar-refractivity contribution is 5.47. The van der Waals surface area contributed by atoms with Gasteiger partial charge >= 0.3 is 0 Å². The van der Waals surface area contributed by atoms with Crippen LogP contribution in [0.4, 0.5) is 20.4 Å². The minimum absolute atomic E-state index is 0.0521. The lowest BCUT2D eigenvalue weighted by molar-refractivity contribution is 0.0889. The first-order chi connectivity index (χ1) is 8.11. The van der Waals surface area contributed by atoms with Crippen LogP contribution in [0.5, 0.6) is 0 Å². The quantitative estimate of drug-likeness (QED) is 0.856. The largest absolute Gasteiger partial charge is 0.381 e. The number of pyridine rings is 1. The van der Waals surface area contributed by atoms with Crippen LogP contribution in [0.2, 0.25) is 0 Å². The second-order valence-electron chi connectivity index (χ2n) is 4.11. The summed E-state index contributed by atoms with van der Waals surface area (Å²) in [6.45, 7) is 1.22. The molecule has 2 heterocycles. The molecule has 17 heavy (non-hydrogen) atoms. The average molecular weight is 243 g/mol. The van der Waals surface area contributed by atoms with E-state index >= 15 is 0 Å². The molecule has 2 rings (SSSR count). The summed E-state index contributed by atoms with van der Waals surface area (Å²) in [5.41, 5.74) is 5.35. The summed E-state index contributed by atoms with van der Waals surface area (Å²) in [4.78, 5) is 5.50. The fraction of sp³-hybridized carbons (Fsp3) is 0.545. The number of anilines is 2. The molecule has 2 N–H and O–H groups in total. The van der Waals surface area contributed by atoms with E-state index in [0.717, 1.165) is 18.9 Å². The highest BCUT2D eigenvalue weighted by Crippen LogP contribution is 2.24. The molecular formula is C11H15F2N3O. The van der Waals surface area contributed by atoms with Gasteiger partial charge in [-0.15, -0.1) is 0 Å². The summed E-state index contributed by atoms with van der Waals surface area (Å²) in [6, 6.07) is 0.772. The first-order valence-corrected chi connectivity index (χ1v) is 5.51. The number of methoxy groups -OCH3 is 1. The van der Waals surface area contributed by atoms with Crippen LogP contribution in [-0.2, 0) is 4.74 Å². The number of halogens is 2. The Morgan fingerprint density at radius 1 is 1.47 bits per heavy atom. The third kappa shape index (κ3) is 2.46. The van der Waals surface area contributed by atoms with Crippen molar-refractivity contribution in [2.75, 3.05) is 30.8 Å². The number of piperidine rings is 1. The number of nitrogens with zero attached hydrogens (tertiary/aromatic N) is 2. The number of rotatable bonds is 2. The number of nitrogens with two attached hydrogens (primary N) is 1. The van der Waals surface area contributed by atoms with E-state index in [-0.39, 0.29) is 17.7 Å². The van der Waals surface area contributed by atoms with Crippen LogP contribution >= 0.6 is 0 Å². The Morgan fingerprint density at radius 2 is 2.24 bits per heavy atom. The predicted molar refractivity (Wildman–Crippen MR) is 60.8 cm³/mol. The zero-order valence-corrected chi connectivity index (χ0v) is 9.62. The number of hydrogen-bond acceptors (Lipinski definition) is 4. The number of hydrogen-bond donors (Lipinski definition) is 1. The molecule has 1 aliphatic heterocycles. The molecule has 0 aliphatic carbocycles. The smallest absolute Gasteiger partial charge is 0.168 e. The number of ether oxygens (including phenoxy) is 1. The van der Waals surface area contributed by atoms with Gasteiger partial charge in [0, 0.05) is 26.3 Å². The van der Waals surface area contributed by atoms with Crippen LogP contribution in [0.3, 0.4) is 0 Å². The standard InChI is InChI=1S/C11H15F2N3O/c1-17-7-3-2-4-16(6-7)11-9(13)5-8(12)10(14)15-11/h5,7H,2-4,6H2,1H3,(H2,14,15). The van der Waals surface area contributed by atoms with Crippen LogP contribution < -0.4 is 10.6 Å². The Bertz CT molecular complexity index is 414. The van der Waals surface area contributed by atoms with Gasteiger partial charge in [0.25, 0.3) is 0 Å². The second-order valence-corrected chi connectivity index (χ2v) is 4.11. The fourth-order valence-electron chi connectivity index (χ4n) is 2.02. The Labute approximate surface area is 98.4 Å². The summed E-state index contributed by atoms with van der Waals surface area (Å²) < 4.78 is 31.8. The van der Waals surface area contributed by atoms with Crippen molar-refractivity contribution in [2.45, 2.75) is 18.9 Å². The zero-order chi connectivity index (χ0) is 12.4. The normalized spacial score (nSPS) is 20.6. The predicted octanol–water partition coefficient (Wildman–Crippen LogP) is 1.56. The van der Waals surface area contributed by atoms with Gasteiger partial charge in [-0.25, -0.2) is 13.8 Å². The van der Waals surface area contributed by atoms with Gasteiger partial charge in [0.2, 0.25) is 0 Å². The van der Waals surface area contributed by atoms with Crippen molar-refractivity contribution in [3.8, 4) is 0 Å². The molecule has 1 aromatic heterocycles. The number of nitrogen functional groups attached to an aromatic ring is 1. The van der Waals surface area contributed by atoms with Crippen molar-refractivity contribution in [1.29, 1.82) is 0 Å². The summed E-state index contributed by atoms with van der Waals surface area (Å²) in [6.07, 6.45) is 1.87. The molecule has 1 atom stereocenters. The molecule has 6 heteroatoms. The van der Waals surface area contributed by atoms with Crippen molar-refractivity contribution in [3.05, 3.63) is 17.7 Å². The highest BCUT2D eigenvalue weighted by atomic mass is 19.1. The maximum atomic E-state index is 13.6. The second kappa shape index (κ2) is 4.83. The SMILES string of the molecule is COC1CCCN(c2nc(N)c(F)cc2F)C1. The van der Waals surface area contributed by atoms with Crippen LogP contribution in [0.1, 0.15) is 12.8 Å². The Balaban J connectivity index is 2.24. The molecule has 4 nitrogen and oxygen atoms in total. The van der Waals surface area contributed by atoms with Crippen molar-refractivity contribution in [3.63, 3.8) is 0 Å². The van der Waals surface area contributed by atoms with Gasteiger partial charge in [-0.3, -0.25) is 0 Å². The minimum atomic E-state index is -0.827. The third-order valence-corrected chi connectivity index (χ3v) is 2.95. The van der Waals surface area contributed by atoms with E-state index in [4.69, 9.17) is 10.5 Å². The van der Waals surface area contributed by atoms with E-state index in [2.05, 4.69) is 4.98 Å². The van der Waals surface area contributed by atoms with Crippen LogP contribution in [0.25, 0.3) is 0 Å². The van der Waals surface area contributed by atoms with Crippen LogP contribution in [-0.4, -0.2) is 31.3 Å². The van der Waals surface area contributed by atoms with E-state index in [1.165, 1.54) is 0 Å². The lowest BCUT2D eigenvalue weighted by Gasteiger charge is -2.32. The van der Waals surface area contributed by atoms with E-state index in [0.29, 0.717) is 13.1 Å². The minimum Gasteiger partial charge on any atom is -0.381 e. The van der Waals surface area contributed by atoms with Gasteiger partial charge in [0.15, 0.2) is 23.3 Å².